The Balaban J connectivity index is 0.00000289. The smallest absolute Gasteiger partial charge is 1.00 e. The Morgan fingerprint density at radius 1 is 1.15 bits per heavy atom. The number of carboxylic acid groups (broad SMARTS) is 1. The molecule has 0 spiro atoms. The minimum absolute atomic E-state index is 0. The number of hydrogen-bond donors (Lipinski definition) is 3. The van der Waals surface area contributed by atoms with Crippen LogP contribution in [0.1, 0.15) is 26.4 Å². The maximum atomic E-state index is 12.6. The van der Waals surface area contributed by atoms with Crippen molar-refractivity contribution in [2.75, 3.05) is 7.05 Å². The Labute approximate surface area is 219 Å². The number of likely N-dealkylation sites (N-methyl/N-ethyl adjacent to an activating group) is 1. The topological polar surface area (TPSA) is 116 Å². The summed E-state index contributed by atoms with van der Waals surface area (Å²) in [5.74, 6) is -2.21. The van der Waals surface area contributed by atoms with Crippen molar-refractivity contribution in [3.63, 3.8) is 0 Å². The van der Waals surface area contributed by atoms with E-state index in [9.17, 15) is 24.3 Å². The molecule has 0 radical (unpaired) electrons. The monoisotopic (exact) mass is 479 g/mol. The fraction of sp³-hybridized carbons (Fsp3) is 0.217. The number of halogens is 1. The van der Waals surface area contributed by atoms with Gasteiger partial charge in [0.05, 0.1) is 12.5 Å². The zero-order chi connectivity index (χ0) is 23.4. The number of nitrogens with one attached hydrogen (secondary N) is 2. The van der Waals surface area contributed by atoms with Gasteiger partial charge in [-0.05, 0) is 41.8 Å². The van der Waals surface area contributed by atoms with Gasteiger partial charge in [0.2, 0.25) is 0 Å². The van der Waals surface area contributed by atoms with Gasteiger partial charge in [-0.2, -0.15) is 0 Å². The number of aliphatic carboxylic acids is 1. The number of carbonyl (C=O) groups excluding carboxylic acids is 3. The molecule has 2 atom stereocenters. The molecule has 0 bridgehead atoms. The molecule has 33 heavy (non-hydrogen) atoms. The van der Waals surface area contributed by atoms with Gasteiger partial charge in [-0.1, -0.05) is 41.9 Å². The standard InChI is InChI=1S/C23H22ClN3O5.Na.H/c1-13-12-27(2)22(31)20(21(13)30)26-23(32)25-18(11-19(28)29)16-7-3-5-14(9-16)15-6-4-8-17(24)10-15;;/h3-10,12,18,20H,11H2,1-2H3,(H,28,29)(H2,25,26,32);;/q;+1;-1. The van der Waals surface area contributed by atoms with Crippen LogP contribution < -0.4 is 40.2 Å². The summed E-state index contributed by atoms with van der Waals surface area (Å²) in [4.78, 5) is 49.9. The molecule has 0 fully saturated rings. The third-order valence-corrected chi connectivity index (χ3v) is 5.27. The number of amides is 3. The van der Waals surface area contributed by atoms with Crippen molar-refractivity contribution in [1.29, 1.82) is 0 Å². The average Bonchev–Trinajstić information content (AvgIpc) is 2.75. The van der Waals surface area contributed by atoms with Crippen LogP contribution in [0.25, 0.3) is 11.1 Å². The average molecular weight is 480 g/mol. The van der Waals surface area contributed by atoms with Gasteiger partial charge in [-0.15, -0.1) is 0 Å². The van der Waals surface area contributed by atoms with Crippen LogP contribution >= 0.6 is 11.6 Å². The zero-order valence-electron chi connectivity index (χ0n) is 19.5. The molecule has 0 aromatic heterocycles. The largest absolute Gasteiger partial charge is 1.00 e. The molecule has 10 heteroatoms. The number of ketones is 1. The first-order valence-corrected chi connectivity index (χ1v) is 10.2. The number of Topliss-reactive ketones (excluding diaryl/α,β-unsaturated/α-hetero) is 1. The molecule has 2 unspecified atom stereocenters. The van der Waals surface area contributed by atoms with Crippen LogP contribution in [0.2, 0.25) is 5.02 Å². The van der Waals surface area contributed by atoms with Crippen LogP contribution in [0, 0.1) is 0 Å². The Bertz CT molecular complexity index is 1130. The SMILES string of the molecule is CC1=CN(C)C(=O)C(NC(=O)NC(CC(=O)O)c2cccc(-c3cccc(Cl)c3)c2)C1=O.[H-].[Na+]. The molecule has 3 rings (SSSR count). The van der Waals surface area contributed by atoms with E-state index in [1.807, 2.05) is 12.1 Å². The predicted octanol–water partition coefficient (Wildman–Crippen LogP) is 0.252. The Morgan fingerprint density at radius 3 is 2.42 bits per heavy atom. The van der Waals surface area contributed by atoms with Crippen LogP contribution in [0.3, 0.4) is 0 Å². The quantitative estimate of drug-likeness (QED) is 0.406. The molecule has 2 aromatic carbocycles. The number of carboxylic acids is 1. The Hall–Kier alpha value is -2.65. The second-order valence-electron chi connectivity index (χ2n) is 7.46. The summed E-state index contributed by atoms with van der Waals surface area (Å²) >= 11 is 6.07. The fourth-order valence-corrected chi connectivity index (χ4v) is 3.64. The fourth-order valence-electron chi connectivity index (χ4n) is 3.45. The number of benzene rings is 2. The van der Waals surface area contributed by atoms with Crippen molar-refractivity contribution in [3.05, 3.63) is 70.9 Å². The first-order valence-electron chi connectivity index (χ1n) is 9.79. The third-order valence-electron chi connectivity index (χ3n) is 5.04. The summed E-state index contributed by atoms with van der Waals surface area (Å²) in [6, 6.07) is 11.2. The van der Waals surface area contributed by atoms with Gasteiger partial charge >= 0.3 is 41.6 Å². The van der Waals surface area contributed by atoms with Crippen molar-refractivity contribution in [2.45, 2.75) is 25.4 Å². The molecule has 8 nitrogen and oxygen atoms in total. The van der Waals surface area contributed by atoms with Crippen LogP contribution in [0.15, 0.2) is 60.3 Å². The molecular weight excluding hydrogens is 457 g/mol. The third kappa shape index (κ3) is 6.68. The molecule has 1 aliphatic heterocycles. The maximum absolute atomic E-state index is 12.6. The summed E-state index contributed by atoms with van der Waals surface area (Å²) < 4.78 is 0. The van der Waals surface area contributed by atoms with E-state index in [1.54, 1.807) is 43.3 Å². The number of hydrogen-bond acceptors (Lipinski definition) is 4. The Morgan fingerprint density at radius 2 is 1.79 bits per heavy atom. The van der Waals surface area contributed by atoms with Crippen molar-refractivity contribution < 1.29 is 55.3 Å². The minimum Gasteiger partial charge on any atom is -1.00 e. The van der Waals surface area contributed by atoms with Crippen molar-refractivity contribution in [1.82, 2.24) is 15.5 Å². The van der Waals surface area contributed by atoms with Gasteiger partial charge in [-0.3, -0.25) is 14.4 Å². The van der Waals surface area contributed by atoms with Gasteiger partial charge in [0.1, 0.15) is 0 Å². The number of rotatable bonds is 6. The van der Waals surface area contributed by atoms with Crippen LogP contribution in [-0.4, -0.2) is 46.8 Å². The molecule has 1 heterocycles. The predicted molar refractivity (Wildman–Crippen MR) is 120 cm³/mol. The van der Waals surface area contributed by atoms with Gasteiger partial charge in [0.15, 0.2) is 11.8 Å². The molecule has 0 saturated carbocycles. The number of urea groups is 1. The van der Waals surface area contributed by atoms with Gasteiger partial charge < -0.3 is 22.1 Å². The van der Waals surface area contributed by atoms with E-state index in [0.717, 1.165) is 11.1 Å². The summed E-state index contributed by atoms with van der Waals surface area (Å²) in [5, 5.41) is 14.8. The van der Waals surface area contributed by atoms with Crippen LogP contribution in [-0.2, 0) is 14.4 Å². The van der Waals surface area contributed by atoms with E-state index in [-0.39, 0.29) is 31.0 Å². The van der Waals surface area contributed by atoms with Crippen molar-refractivity contribution in [3.8, 4) is 11.1 Å². The summed E-state index contributed by atoms with van der Waals surface area (Å²) in [6.45, 7) is 1.55. The first-order chi connectivity index (χ1) is 15.2. The Kier molecular flexibility index (Phi) is 9.25. The van der Waals surface area contributed by atoms with E-state index in [1.165, 1.54) is 18.1 Å². The van der Waals surface area contributed by atoms with Gasteiger partial charge in [0, 0.05) is 23.8 Å². The summed E-state index contributed by atoms with van der Waals surface area (Å²) in [7, 11) is 1.49. The molecule has 3 N–H and O–H groups in total. The molecule has 168 valence electrons. The van der Waals surface area contributed by atoms with Gasteiger partial charge in [-0.25, -0.2) is 4.79 Å². The van der Waals surface area contributed by atoms with Crippen LogP contribution in [0.5, 0.6) is 0 Å². The molecule has 3 amide bonds. The molecule has 1 aliphatic rings. The van der Waals surface area contributed by atoms with Crippen LogP contribution in [0.4, 0.5) is 4.79 Å². The molecule has 2 aromatic rings. The van der Waals surface area contributed by atoms with E-state index in [0.29, 0.717) is 16.2 Å². The van der Waals surface area contributed by atoms with E-state index >= 15 is 0 Å². The normalized spacial score (nSPS) is 16.4. The summed E-state index contributed by atoms with van der Waals surface area (Å²) in [6.07, 6.45) is 1.01. The molecular formula is C23H23ClN3NaO5. The maximum Gasteiger partial charge on any atom is 1.00 e. The zero-order valence-corrected chi connectivity index (χ0v) is 21.2. The van der Waals surface area contributed by atoms with Crippen molar-refractivity contribution >= 4 is 35.3 Å². The first kappa shape index (κ1) is 26.6. The van der Waals surface area contributed by atoms with E-state index in [2.05, 4.69) is 10.6 Å². The number of nitrogens with zero attached hydrogens (tertiary/aromatic N) is 1. The minimum atomic E-state index is -1.37. The summed E-state index contributed by atoms with van der Waals surface area (Å²) in [5.41, 5.74) is 2.51. The van der Waals surface area contributed by atoms with Gasteiger partial charge in [0.25, 0.3) is 5.91 Å². The molecule has 0 saturated heterocycles. The van der Waals surface area contributed by atoms with E-state index in [4.69, 9.17) is 11.6 Å². The van der Waals surface area contributed by atoms with E-state index < -0.39 is 42.2 Å². The number of carbonyl (C=O) groups is 4. The van der Waals surface area contributed by atoms with Crippen molar-refractivity contribution in [2.24, 2.45) is 0 Å². The second-order valence-corrected chi connectivity index (χ2v) is 7.90. The second kappa shape index (κ2) is 11.5. The molecule has 0 aliphatic carbocycles.